The third-order valence-electron chi connectivity index (χ3n) is 5.47. The first kappa shape index (κ1) is 27.2. The SMILES string of the molecule is CCN(C(=O)C(F)(F)F)c1c(C/C=C(\C)CCC(=O)OC(C)C)c(OC)c(C)c2c1C(=O)OC2. The van der Waals surface area contributed by atoms with Crippen LogP contribution in [0.1, 0.15) is 67.6 Å². The van der Waals surface area contributed by atoms with E-state index in [4.69, 9.17) is 14.2 Å². The number of ether oxygens (including phenoxy) is 3. The van der Waals surface area contributed by atoms with E-state index in [2.05, 4.69) is 0 Å². The highest BCUT2D eigenvalue weighted by atomic mass is 19.4. The number of fused-ring (bicyclic) bond motifs is 1. The number of amides is 1. The Morgan fingerprint density at radius 3 is 2.41 bits per heavy atom. The summed E-state index contributed by atoms with van der Waals surface area (Å²) < 4.78 is 55.9. The van der Waals surface area contributed by atoms with Crippen molar-refractivity contribution in [3.05, 3.63) is 33.9 Å². The molecule has 1 aliphatic rings. The minimum absolute atomic E-state index is 0.0562. The number of nitrogens with zero attached hydrogens (tertiary/aromatic N) is 1. The maximum atomic E-state index is 13.4. The van der Waals surface area contributed by atoms with E-state index >= 15 is 0 Å². The fourth-order valence-electron chi connectivity index (χ4n) is 3.88. The summed E-state index contributed by atoms with van der Waals surface area (Å²) >= 11 is 0. The summed E-state index contributed by atoms with van der Waals surface area (Å²) in [5.41, 5.74) is 1.79. The molecular formula is C24H30F3NO6. The van der Waals surface area contributed by atoms with Gasteiger partial charge in [0.05, 0.1) is 24.5 Å². The predicted molar refractivity (Wildman–Crippen MR) is 119 cm³/mol. The number of esters is 2. The van der Waals surface area contributed by atoms with Gasteiger partial charge in [0.25, 0.3) is 0 Å². The van der Waals surface area contributed by atoms with Crippen LogP contribution in [0.25, 0.3) is 0 Å². The fourth-order valence-corrected chi connectivity index (χ4v) is 3.88. The number of benzene rings is 1. The van der Waals surface area contributed by atoms with Crippen molar-refractivity contribution in [2.24, 2.45) is 0 Å². The van der Waals surface area contributed by atoms with Gasteiger partial charge < -0.3 is 19.1 Å². The van der Waals surface area contributed by atoms with E-state index < -0.39 is 18.1 Å². The van der Waals surface area contributed by atoms with Crippen LogP contribution in [0.4, 0.5) is 18.9 Å². The summed E-state index contributed by atoms with van der Waals surface area (Å²) in [4.78, 5) is 37.2. The first-order valence-electron chi connectivity index (χ1n) is 11.0. The Kier molecular flexibility index (Phi) is 8.74. The zero-order valence-electron chi connectivity index (χ0n) is 20.2. The molecule has 1 aliphatic heterocycles. The molecule has 0 unspecified atom stereocenters. The molecule has 1 amide bonds. The Labute approximate surface area is 196 Å². The molecule has 0 aliphatic carbocycles. The van der Waals surface area contributed by atoms with Gasteiger partial charge in [0.1, 0.15) is 12.4 Å². The van der Waals surface area contributed by atoms with Crippen LogP contribution in [0.3, 0.4) is 0 Å². The first-order valence-corrected chi connectivity index (χ1v) is 11.0. The van der Waals surface area contributed by atoms with Gasteiger partial charge in [-0.3, -0.25) is 9.59 Å². The van der Waals surface area contributed by atoms with Crippen LogP contribution in [0.15, 0.2) is 11.6 Å². The Hall–Kier alpha value is -3.04. The van der Waals surface area contributed by atoms with Gasteiger partial charge in [0.2, 0.25) is 0 Å². The van der Waals surface area contributed by atoms with Gasteiger partial charge in [-0.15, -0.1) is 0 Å². The predicted octanol–water partition coefficient (Wildman–Crippen LogP) is 4.81. The first-order chi connectivity index (χ1) is 15.8. The topological polar surface area (TPSA) is 82.1 Å². The summed E-state index contributed by atoms with van der Waals surface area (Å²) in [5.74, 6) is -2.95. The van der Waals surface area contributed by atoms with Crippen LogP contribution in [-0.4, -0.2) is 43.8 Å². The van der Waals surface area contributed by atoms with E-state index in [0.29, 0.717) is 22.4 Å². The van der Waals surface area contributed by atoms with Crippen molar-refractivity contribution >= 4 is 23.5 Å². The fraction of sp³-hybridized carbons (Fsp3) is 0.542. The minimum Gasteiger partial charge on any atom is -0.496 e. The lowest BCUT2D eigenvalue weighted by Crippen LogP contribution is -2.42. The van der Waals surface area contributed by atoms with Crippen molar-refractivity contribution in [2.75, 3.05) is 18.6 Å². The summed E-state index contributed by atoms with van der Waals surface area (Å²) in [7, 11) is 1.37. The van der Waals surface area contributed by atoms with Gasteiger partial charge >= 0.3 is 24.0 Å². The molecule has 1 aromatic carbocycles. The molecule has 7 nitrogen and oxygen atoms in total. The molecule has 0 bridgehead atoms. The lowest BCUT2D eigenvalue weighted by atomic mass is 9.92. The molecule has 0 N–H and O–H groups in total. The zero-order chi connectivity index (χ0) is 25.8. The van der Waals surface area contributed by atoms with E-state index in [1.165, 1.54) is 14.0 Å². The van der Waals surface area contributed by atoms with Crippen molar-refractivity contribution < 1.29 is 41.8 Å². The number of anilines is 1. The molecule has 0 radical (unpaired) electrons. The number of alkyl halides is 3. The second-order valence-corrected chi connectivity index (χ2v) is 8.26. The largest absolute Gasteiger partial charge is 0.496 e. The summed E-state index contributed by atoms with van der Waals surface area (Å²) in [6, 6.07) is 0. The molecule has 0 saturated carbocycles. The highest BCUT2D eigenvalue weighted by molar-refractivity contribution is 6.08. The van der Waals surface area contributed by atoms with E-state index in [0.717, 1.165) is 5.57 Å². The number of halogens is 3. The van der Waals surface area contributed by atoms with Crippen molar-refractivity contribution in [2.45, 2.75) is 72.8 Å². The molecule has 2 rings (SSSR count). The number of allylic oxidation sites excluding steroid dienone is 2. The van der Waals surface area contributed by atoms with Gasteiger partial charge in [-0.25, -0.2) is 4.79 Å². The number of carbonyl (C=O) groups is 3. The van der Waals surface area contributed by atoms with E-state index in [-0.39, 0.29) is 60.6 Å². The Balaban J connectivity index is 2.57. The van der Waals surface area contributed by atoms with E-state index in [1.807, 2.05) is 0 Å². The smallest absolute Gasteiger partial charge is 0.471 e. The third-order valence-corrected chi connectivity index (χ3v) is 5.47. The van der Waals surface area contributed by atoms with Crippen molar-refractivity contribution in [1.82, 2.24) is 0 Å². The molecule has 34 heavy (non-hydrogen) atoms. The molecular weight excluding hydrogens is 455 g/mol. The van der Waals surface area contributed by atoms with Gasteiger partial charge in [0.15, 0.2) is 0 Å². The van der Waals surface area contributed by atoms with Gasteiger partial charge in [-0.1, -0.05) is 11.6 Å². The quantitative estimate of drug-likeness (QED) is 0.369. The summed E-state index contributed by atoms with van der Waals surface area (Å²) in [6.07, 6.45) is -3.02. The van der Waals surface area contributed by atoms with Crippen LogP contribution in [0.5, 0.6) is 5.75 Å². The standard InChI is InChI=1S/C24H30F3NO6/c1-7-28(23(31)24(25,26)27)20-16(10-8-14(4)9-11-18(29)34-13(2)3)21(32-6)15(5)17-12-33-22(30)19(17)20/h8,13H,7,9-12H2,1-6H3/b14-8+. The molecule has 0 fully saturated rings. The van der Waals surface area contributed by atoms with Crippen molar-refractivity contribution in [1.29, 1.82) is 0 Å². The summed E-state index contributed by atoms with van der Waals surface area (Å²) in [5, 5.41) is 0. The van der Waals surface area contributed by atoms with Crippen LogP contribution >= 0.6 is 0 Å². The molecule has 1 aromatic rings. The maximum absolute atomic E-state index is 13.4. The van der Waals surface area contributed by atoms with E-state index in [9.17, 15) is 27.6 Å². The van der Waals surface area contributed by atoms with E-state index in [1.54, 1.807) is 33.8 Å². The monoisotopic (exact) mass is 485 g/mol. The average Bonchev–Trinajstić information content (AvgIpc) is 3.13. The average molecular weight is 485 g/mol. The Bertz CT molecular complexity index is 998. The Morgan fingerprint density at radius 2 is 1.88 bits per heavy atom. The Morgan fingerprint density at radius 1 is 1.24 bits per heavy atom. The number of cyclic esters (lactones) is 1. The second kappa shape index (κ2) is 10.9. The zero-order valence-corrected chi connectivity index (χ0v) is 20.2. The molecule has 0 saturated heterocycles. The van der Waals surface area contributed by atoms with Gasteiger partial charge in [0, 0.05) is 24.1 Å². The molecule has 0 aromatic heterocycles. The maximum Gasteiger partial charge on any atom is 0.471 e. The van der Waals surface area contributed by atoms with Crippen molar-refractivity contribution in [3.63, 3.8) is 0 Å². The van der Waals surface area contributed by atoms with Gasteiger partial charge in [-0.2, -0.15) is 13.2 Å². The van der Waals surface area contributed by atoms with Crippen LogP contribution in [0, 0.1) is 6.92 Å². The van der Waals surface area contributed by atoms with Crippen molar-refractivity contribution in [3.8, 4) is 5.75 Å². The molecule has 10 heteroatoms. The molecule has 188 valence electrons. The minimum atomic E-state index is -5.14. The molecule has 0 spiro atoms. The molecule has 1 heterocycles. The lowest BCUT2D eigenvalue weighted by Gasteiger charge is -2.28. The summed E-state index contributed by atoms with van der Waals surface area (Å²) in [6.45, 7) is 7.92. The lowest BCUT2D eigenvalue weighted by molar-refractivity contribution is -0.170. The number of rotatable bonds is 9. The highest BCUT2D eigenvalue weighted by Gasteiger charge is 2.45. The van der Waals surface area contributed by atoms with Crippen LogP contribution in [0.2, 0.25) is 0 Å². The number of hydrogen-bond donors (Lipinski definition) is 0. The van der Waals surface area contributed by atoms with Crippen LogP contribution < -0.4 is 9.64 Å². The highest BCUT2D eigenvalue weighted by Crippen LogP contribution is 2.44. The normalized spacial score (nSPS) is 13.6. The van der Waals surface area contributed by atoms with Gasteiger partial charge in [-0.05, 0) is 53.0 Å². The number of carbonyl (C=O) groups excluding carboxylic acids is 3. The third kappa shape index (κ3) is 5.90. The molecule has 0 atom stereocenters. The number of hydrogen-bond acceptors (Lipinski definition) is 6. The second-order valence-electron chi connectivity index (χ2n) is 8.26. The number of methoxy groups -OCH3 is 1. The van der Waals surface area contributed by atoms with Crippen LogP contribution in [-0.2, 0) is 32.1 Å².